The van der Waals surface area contributed by atoms with Gasteiger partial charge < -0.3 is 0 Å². The van der Waals surface area contributed by atoms with Crippen molar-refractivity contribution in [2.24, 2.45) is 0 Å². The topological polar surface area (TPSA) is 54.4 Å². The van der Waals surface area contributed by atoms with Crippen molar-refractivity contribution in [2.75, 3.05) is 0 Å². The maximum Gasteiger partial charge on any atom is 0.295 e. The van der Waals surface area contributed by atoms with E-state index in [0.717, 1.165) is 20.9 Å². The number of rotatable bonds is 7. The van der Waals surface area contributed by atoms with Crippen LogP contribution < -0.4 is 0 Å². The molecule has 6 rings (SSSR count). The first-order valence-electron chi connectivity index (χ1n) is 13.7. The zero-order chi connectivity index (χ0) is 29.6. The summed E-state index contributed by atoms with van der Waals surface area (Å²) in [7, 11) is -4.36. The Hall–Kier alpha value is -4.33. The number of fused-ring (bicyclic) bond motifs is 2. The normalized spacial score (nSPS) is 14.6. The highest BCUT2D eigenvalue weighted by Gasteiger charge is 2.22. The largest absolute Gasteiger partial charge is 0.295 e. The second kappa shape index (κ2) is 12.9. The molecule has 0 spiro atoms. The molecule has 1 aromatic heterocycles. The molecule has 1 aliphatic heterocycles. The van der Waals surface area contributed by atoms with Crippen LogP contribution in [0, 0.1) is 0 Å². The lowest BCUT2D eigenvalue weighted by Gasteiger charge is -2.20. The smallest absolute Gasteiger partial charge is 0.282 e. The molecule has 0 atom stereocenters. The van der Waals surface area contributed by atoms with Crippen LogP contribution in [0.1, 0.15) is 16.7 Å². The first-order valence-corrected chi connectivity index (χ1v) is 16.7. The van der Waals surface area contributed by atoms with Crippen LogP contribution in [-0.4, -0.2) is 13.0 Å². The summed E-state index contributed by atoms with van der Waals surface area (Å²) in [5.74, 6) is 0. The van der Waals surface area contributed by atoms with Crippen molar-refractivity contribution < 1.29 is 13.0 Å². The number of hydrogen-bond acceptors (Lipinski definition) is 3. The Bertz CT molecular complexity index is 2070. The quantitative estimate of drug-likeness (QED) is 0.112. The Kier molecular flexibility index (Phi) is 8.63. The molecule has 0 radical (unpaired) electrons. The van der Waals surface area contributed by atoms with Crippen LogP contribution in [0.2, 0.25) is 0 Å². The molecule has 1 N–H and O–H groups in total. The molecule has 5 aromatic rings. The summed E-state index contributed by atoms with van der Waals surface area (Å²) in [5, 5.41) is 1.23. The van der Waals surface area contributed by atoms with Crippen LogP contribution in [-0.2, 0) is 10.1 Å². The molecule has 0 bridgehead atoms. The summed E-state index contributed by atoms with van der Waals surface area (Å²) in [6.45, 7) is 0. The number of allylic oxidation sites excluding steroid dienone is 8. The van der Waals surface area contributed by atoms with Gasteiger partial charge in [-0.15, -0.1) is 0 Å². The van der Waals surface area contributed by atoms with Crippen molar-refractivity contribution in [2.45, 2.75) is 9.79 Å². The molecule has 2 heterocycles. The lowest BCUT2D eigenvalue weighted by atomic mass is 10.0. The van der Waals surface area contributed by atoms with Crippen LogP contribution in [0.3, 0.4) is 0 Å². The van der Waals surface area contributed by atoms with E-state index in [2.05, 4.69) is 72.8 Å². The molecule has 0 fully saturated rings. The minimum atomic E-state index is -4.36. The Morgan fingerprint density at radius 1 is 0.698 bits per heavy atom. The molecule has 0 unspecified atom stereocenters. The van der Waals surface area contributed by atoms with Gasteiger partial charge in [-0.3, -0.25) is 4.55 Å². The van der Waals surface area contributed by atoms with Gasteiger partial charge in [-0.05, 0) is 53.1 Å². The fraction of sp³-hybridized carbons (Fsp3) is 0. The van der Waals surface area contributed by atoms with Gasteiger partial charge in [0, 0.05) is 38.4 Å². The van der Waals surface area contributed by atoms with Crippen LogP contribution in [0.5, 0.6) is 0 Å². The Labute approximate surface area is 260 Å². The van der Waals surface area contributed by atoms with E-state index in [1.807, 2.05) is 60.7 Å². The van der Waals surface area contributed by atoms with Crippen molar-refractivity contribution >= 4 is 59.9 Å². The van der Waals surface area contributed by atoms with E-state index >= 15 is 0 Å². The molecule has 0 saturated heterocycles. The summed E-state index contributed by atoms with van der Waals surface area (Å²) < 4.78 is 35.1. The zero-order valence-electron chi connectivity index (χ0n) is 23.0. The molecule has 3 nitrogen and oxygen atoms in total. The zero-order valence-corrected chi connectivity index (χ0v) is 25.4. The predicted molar refractivity (Wildman–Crippen MR) is 183 cm³/mol. The molecular weight excluding hydrogens is 589 g/mol. The van der Waals surface area contributed by atoms with Crippen molar-refractivity contribution in [3.05, 3.63) is 168 Å². The minimum Gasteiger partial charge on any atom is -0.282 e. The molecule has 0 aliphatic carbocycles. The van der Waals surface area contributed by atoms with Crippen LogP contribution in [0.4, 0.5) is 0 Å². The lowest BCUT2D eigenvalue weighted by molar-refractivity contribution is 0.483. The molecule has 0 saturated carbocycles. The summed E-state index contributed by atoms with van der Waals surface area (Å²) in [6, 6.07) is 35.7. The van der Waals surface area contributed by atoms with Crippen LogP contribution in [0.25, 0.3) is 37.1 Å². The predicted octanol–water partition coefficient (Wildman–Crippen LogP) is 10.5. The monoisotopic (exact) mass is 615 g/mol. The highest BCUT2D eigenvalue weighted by atomic mass is 32.2. The lowest BCUT2D eigenvalue weighted by Crippen LogP contribution is -2.03. The fourth-order valence-corrected chi connectivity index (χ4v) is 7.92. The van der Waals surface area contributed by atoms with E-state index in [1.54, 1.807) is 29.5 Å². The summed E-state index contributed by atoms with van der Waals surface area (Å²) in [4.78, 5) is 2.91. The summed E-state index contributed by atoms with van der Waals surface area (Å²) in [6.07, 6.45) is 16.1. The average molecular weight is 616 g/mol. The molecular formula is C37H27O3S3+. The highest BCUT2D eigenvalue weighted by molar-refractivity contribution is 8.08. The molecule has 210 valence electrons. The molecule has 1 aliphatic rings. The highest BCUT2D eigenvalue weighted by Crippen LogP contribution is 2.45. The second-order valence-corrected chi connectivity index (χ2v) is 13.3. The minimum absolute atomic E-state index is 0.0967. The van der Waals surface area contributed by atoms with Crippen LogP contribution >= 0.6 is 23.1 Å². The van der Waals surface area contributed by atoms with Crippen molar-refractivity contribution in [3.8, 4) is 10.4 Å². The maximum atomic E-state index is 12.0. The number of thioether (sulfide) groups is 1. The molecule has 4 aromatic carbocycles. The van der Waals surface area contributed by atoms with E-state index in [1.165, 1.54) is 43.9 Å². The molecule has 0 amide bonds. The van der Waals surface area contributed by atoms with E-state index < -0.39 is 10.1 Å². The molecule has 6 heteroatoms. The van der Waals surface area contributed by atoms with Gasteiger partial charge in [-0.25, -0.2) is 0 Å². The number of hydrogen-bond donors (Lipinski definition) is 1. The Morgan fingerprint density at radius 3 is 2.21 bits per heavy atom. The van der Waals surface area contributed by atoms with Gasteiger partial charge in [0.2, 0.25) is 20.9 Å². The van der Waals surface area contributed by atoms with E-state index in [-0.39, 0.29) is 4.90 Å². The fourth-order valence-electron chi connectivity index (χ4n) is 4.88. The van der Waals surface area contributed by atoms with Gasteiger partial charge in [0.05, 0.1) is 0 Å². The van der Waals surface area contributed by atoms with Crippen LogP contribution in [0.15, 0.2) is 162 Å². The van der Waals surface area contributed by atoms with Gasteiger partial charge >= 0.3 is 0 Å². The first-order chi connectivity index (χ1) is 21.0. The van der Waals surface area contributed by atoms with Gasteiger partial charge in [0.15, 0.2) is 0 Å². The van der Waals surface area contributed by atoms with Gasteiger partial charge in [0.25, 0.3) is 10.1 Å². The summed E-state index contributed by atoms with van der Waals surface area (Å²) in [5.41, 5.74) is 4.89. The summed E-state index contributed by atoms with van der Waals surface area (Å²) >= 11 is 3.29. The third kappa shape index (κ3) is 6.69. The molecule has 43 heavy (non-hydrogen) atoms. The van der Waals surface area contributed by atoms with E-state index in [0.29, 0.717) is 5.56 Å². The standard InChI is InChI=1S/C37H26O3S3/c38-43(39,40)37-24-14-11-21-32(37)36-26-29(31-20-10-13-23-34(31)42-36)18-6-3-1-2-5-17-28-25-35(27-15-7-4-8-16-27)41-33-22-12-9-19-30(28)33/h1-26H/p+1. The van der Waals surface area contributed by atoms with Gasteiger partial charge in [0.1, 0.15) is 4.90 Å². The van der Waals surface area contributed by atoms with Gasteiger partial charge in [-0.2, -0.15) is 8.42 Å². The Balaban J connectivity index is 1.25. The third-order valence-electron chi connectivity index (χ3n) is 6.89. The van der Waals surface area contributed by atoms with Crippen molar-refractivity contribution in [1.29, 1.82) is 0 Å². The van der Waals surface area contributed by atoms with Crippen molar-refractivity contribution in [3.63, 3.8) is 0 Å². The third-order valence-corrected chi connectivity index (χ3v) is 10.1. The number of benzene rings is 4. The second-order valence-electron chi connectivity index (χ2n) is 9.76. The Morgan fingerprint density at radius 2 is 1.37 bits per heavy atom. The van der Waals surface area contributed by atoms with Crippen molar-refractivity contribution in [1.82, 2.24) is 0 Å². The maximum absolute atomic E-state index is 12.0. The van der Waals surface area contributed by atoms with E-state index in [4.69, 9.17) is 0 Å². The van der Waals surface area contributed by atoms with Gasteiger partial charge in [-0.1, -0.05) is 121 Å². The van der Waals surface area contributed by atoms with E-state index in [9.17, 15) is 13.0 Å². The SMILES string of the molecule is O=S(=O)(O)c1ccccc1C1=C\C(=C/C=C/C=C/C=C/c2cc(-c3ccccc3)[s+]c3ccccc23)c2ccccc2S1. The average Bonchev–Trinajstić information content (AvgIpc) is 3.04. The first kappa shape index (κ1) is 28.8.